The van der Waals surface area contributed by atoms with Crippen molar-refractivity contribution in [3.05, 3.63) is 29.6 Å². The highest BCUT2D eigenvalue weighted by atomic mass is 19.1. The second kappa shape index (κ2) is 6.00. The fraction of sp³-hybridized carbons (Fsp3) is 0.333. The molecule has 6 heteroatoms. The fourth-order valence-electron chi connectivity index (χ4n) is 1.42. The van der Waals surface area contributed by atoms with E-state index in [9.17, 15) is 14.0 Å². The summed E-state index contributed by atoms with van der Waals surface area (Å²) < 4.78 is 13.1. The third-order valence-corrected chi connectivity index (χ3v) is 2.27. The Kier molecular flexibility index (Phi) is 4.65. The molecule has 0 saturated heterocycles. The van der Waals surface area contributed by atoms with Gasteiger partial charge >= 0.3 is 0 Å². The number of likely N-dealkylation sites (N-methyl/N-ethyl adjacent to an activating group) is 1. The van der Waals surface area contributed by atoms with Gasteiger partial charge in [-0.3, -0.25) is 9.59 Å². The van der Waals surface area contributed by atoms with Gasteiger partial charge in [0.05, 0.1) is 0 Å². The number of hydrogen-bond donors (Lipinski definition) is 3. The van der Waals surface area contributed by atoms with E-state index in [1.807, 2.05) is 0 Å². The minimum atomic E-state index is -0.693. The van der Waals surface area contributed by atoms with Crippen molar-refractivity contribution in [3.8, 4) is 0 Å². The Hall–Kier alpha value is -2.11. The van der Waals surface area contributed by atoms with Crippen molar-refractivity contribution in [2.45, 2.75) is 19.9 Å². The topological polar surface area (TPSA) is 84.2 Å². The highest BCUT2D eigenvalue weighted by Crippen LogP contribution is 2.10. The molecule has 1 rings (SSSR count). The number of rotatable bonds is 4. The van der Waals surface area contributed by atoms with Crippen molar-refractivity contribution < 1.29 is 14.0 Å². The molecule has 0 heterocycles. The Labute approximate surface area is 105 Å². The van der Waals surface area contributed by atoms with E-state index in [2.05, 4.69) is 10.6 Å². The average Bonchev–Trinajstić information content (AvgIpc) is 2.27. The van der Waals surface area contributed by atoms with E-state index in [0.29, 0.717) is 6.54 Å². The molecule has 1 aromatic carbocycles. The zero-order chi connectivity index (χ0) is 13.7. The molecule has 0 spiro atoms. The molecule has 0 fully saturated rings. The molecule has 0 radical (unpaired) electrons. The third-order valence-electron chi connectivity index (χ3n) is 2.27. The summed E-state index contributed by atoms with van der Waals surface area (Å²) in [6.07, 6.45) is 0. The Bertz CT molecular complexity index is 442. The number of halogens is 1. The first-order valence-electron chi connectivity index (χ1n) is 5.58. The number of anilines is 1. The molecule has 1 unspecified atom stereocenters. The van der Waals surface area contributed by atoms with Crippen molar-refractivity contribution in [1.29, 1.82) is 0 Å². The van der Waals surface area contributed by atoms with E-state index >= 15 is 0 Å². The maximum atomic E-state index is 13.1. The zero-order valence-electron chi connectivity index (χ0n) is 10.3. The van der Waals surface area contributed by atoms with E-state index in [4.69, 9.17) is 5.73 Å². The molecule has 0 saturated carbocycles. The van der Waals surface area contributed by atoms with Gasteiger partial charge in [0.2, 0.25) is 5.91 Å². The highest BCUT2D eigenvalue weighted by molar-refractivity contribution is 5.98. The van der Waals surface area contributed by atoms with Crippen LogP contribution in [0.1, 0.15) is 24.2 Å². The van der Waals surface area contributed by atoms with Crippen molar-refractivity contribution in [1.82, 2.24) is 10.6 Å². The minimum absolute atomic E-state index is 0.0867. The van der Waals surface area contributed by atoms with E-state index in [-0.39, 0.29) is 17.2 Å². The SMILES string of the molecule is CCNC(=O)C(C)NC(=O)c1cc(N)cc(F)c1. The number of nitrogens with two attached hydrogens (primary N) is 1. The first-order valence-corrected chi connectivity index (χ1v) is 5.58. The van der Waals surface area contributed by atoms with Crippen LogP contribution in [0.25, 0.3) is 0 Å². The van der Waals surface area contributed by atoms with Crippen LogP contribution in [0.3, 0.4) is 0 Å². The molecule has 2 amide bonds. The van der Waals surface area contributed by atoms with Gasteiger partial charge in [-0.15, -0.1) is 0 Å². The summed E-state index contributed by atoms with van der Waals surface area (Å²) >= 11 is 0. The largest absolute Gasteiger partial charge is 0.399 e. The molecule has 4 N–H and O–H groups in total. The van der Waals surface area contributed by atoms with Gasteiger partial charge in [-0.1, -0.05) is 0 Å². The molecule has 5 nitrogen and oxygen atoms in total. The van der Waals surface area contributed by atoms with Gasteiger partial charge in [0, 0.05) is 17.8 Å². The molecular formula is C12H16FN3O2. The summed E-state index contributed by atoms with van der Waals surface area (Å²) in [7, 11) is 0. The third kappa shape index (κ3) is 3.73. The molecule has 0 aliphatic carbocycles. The van der Waals surface area contributed by atoms with Gasteiger partial charge in [0.15, 0.2) is 0 Å². The number of carbonyl (C=O) groups is 2. The van der Waals surface area contributed by atoms with Crippen molar-refractivity contribution in [2.24, 2.45) is 0 Å². The number of nitrogens with one attached hydrogen (secondary N) is 2. The molecule has 0 aliphatic rings. The highest BCUT2D eigenvalue weighted by Gasteiger charge is 2.16. The lowest BCUT2D eigenvalue weighted by atomic mass is 10.1. The molecule has 0 aromatic heterocycles. The fourth-order valence-corrected chi connectivity index (χ4v) is 1.42. The summed E-state index contributed by atoms with van der Waals surface area (Å²) in [6.45, 7) is 3.80. The van der Waals surface area contributed by atoms with Crippen LogP contribution in [-0.4, -0.2) is 24.4 Å². The van der Waals surface area contributed by atoms with E-state index < -0.39 is 17.8 Å². The molecule has 1 atom stereocenters. The Morgan fingerprint density at radius 1 is 1.39 bits per heavy atom. The second-order valence-electron chi connectivity index (χ2n) is 3.86. The summed E-state index contributed by atoms with van der Waals surface area (Å²) in [6, 6.07) is 2.84. The number of nitrogen functional groups attached to an aromatic ring is 1. The minimum Gasteiger partial charge on any atom is -0.399 e. The van der Waals surface area contributed by atoms with Crippen LogP contribution >= 0.6 is 0 Å². The Morgan fingerprint density at radius 2 is 2.06 bits per heavy atom. The second-order valence-corrected chi connectivity index (χ2v) is 3.86. The van der Waals surface area contributed by atoms with E-state index in [1.54, 1.807) is 13.8 Å². The predicted octanol–water partition coefficient (Wildman–Crippen LogP) is 0.662. The molecule has 98 valence electrons. The lowest BCUT2D eigenvalue weighted by Crippen LogP contribution is -2.44. The van der Waals surface area contributed by atoms with Gasteiger partial charge in [0.1, 0.15) is 11.9 Å². The van der Waals surface area contributed by atoms with Gasteiger partial charge < -0.3 is 16.4 Å². The van der Waals surface area contributed by atoms with Crippen molar-refractivity contribution >= 4 is 17.5 Å². The van der Waals surface area contributed by atoms with Crippen LogP contribution in [0.5, 0.6) is 0 Å². The monoisotopic (exact) mass is 253 g/mol. The quantitative estimate of drug-likeness (QED) is 0.689. The maximum absolute atomic E-state index is 13.1. The summed E-state index contributed by atoms with van der Waals surface area (Å²) in [4.78, 5) is 23.2. The lowest BCUT2D eigenvalue weighted by Gasteiger charge is -2.13. The van der Waals surface area contributed by atoms with E-state index in [1.165, 1.54) is 6.07 Å². The molecular weight excluding hydrogens is 237 g/mol. The first kappa shape index (κ1) is 14.0. The maximum Gasteiger partial charge on any atom is 0.252 e. The predicted molar refractivity (Wildman–Crippen MR) is 66.4 cm³/mol. The average molecular weight is 253 g/mol. The van der Waals surface area contributed by atoms with Crippen LogP contribution in [0.4, 0.5) is 10.1 Å². The van der Waals surface area contributed by atoms with Gasteiger partial charge in [0.25, 0.3) is 5.91 Å². The number of hydrogen-bond acceptors (Lipinski definition) is 3. The van der Waals surface area contributed by atoms with Crippen molar-refractivity contribution in [3.63, 3.8) is 0 Å². The molecule has 18 heavy (non-hydrogen) atoms. The molecule has 1 aromatic rings. The Morgan fingerprint density at radius 3 is 2.61 bits per heavy atom. The summed E-state index contributed by atoms with van der Waals surface area (Å²) in [5, 5.41) is 5.03. The smallest absolute Gasteiger partial charge is 0.252 e. The van der Waals surface area contributed by atoms with Crippen molar-refractivity contribution in [2.75, 3.05) is 12.3 Å². The van der Waals surface area contributed by atoms with Crippen LogP contribution in [0.2, 0.25) is 0 Å². The number of amides is 2. The molecule has 0 bridgehead atoms. The first-order chi connectivity index (χ1) is 8.43. The van der Waals surface area contributed by atoms with Crippen LogP contribution in [-0.2, 0) is 4.79 Å². The van der Waals surface area contributed by atoms with Gasteiger partial charge in [-0.2, -0.15) is 0 Å². The summed E-state index contributed by atoms with van der Waals surface area (Å²) in [5.74, 6) is -1.43. The van der Waals surface area contributed by atoms with Crippen LogP contribution < -0.4 is 16.4 Å². The molecule has 0 aliphatic heterocycles. The normalized spacial score (nSPS) is 11.7. The van der Waals surface area contributed by atoms with Gasteiger partial charge in [-0.05, 0) is 32.0 Å². The van der Waals surface area contributed by atoms with Gasteiger partial charge in [-0.25, -0.2) is 4.39 Å². The lowest BCUT2D eigenvalue weighted by molar-refractivity contribution is -0.122. The van der Waals surface area contributed by atoms with E-state index in [0.717, 1.165) is 12.1 Å². The van der Waals surface area contributed by atoms with Crippen LogP contribution in [0, 0.1) is 5.82 Å². The Balaban J connectivity index is 2.73. The number of benzene rings is 1. The van der Waals surface area contributed by atoms with Crippen LogP contribution in [0.15, 0.2) is 18.2 Å². The standard InChI is InChI=1S/C12H16FN3O2/c1-3-15-11(17)7(2)16-12(18)8-4-9(13)6-10(14)5-8/h4-7H,3,14H2,1-2H3,(H,15,17)(H,16,18). The zero-order valence-corrected chi connectivity index (χ0v) is 10.3. The summed E-state index contributed by atoms with van der Waals surface area (Å²) in [5.41, 5.74) is 5.68. The number of carbonyl (C=O) groups excluding carboxylic acids is 2.